The Morgan fingerprint density at radius 2 is 2.17 bits per heavy atom. The van der Waals surface area contributed by atoms with Crippen LogP contribution in [0.15, 0.2) is 29.3 Å². The van der Waals surface area contributed by atoms with Crippen molar-refractivity contribution >= 4 is 33.1 Å². The zero-order chi connectivity index (χ0) is 13.3. The summed E-state index contributed by atoms with van der Waals surface area (Å²) in [6, 6.07) is 3.49. The van der Waals surface area contributed by atoms with Crippen molar-refractivity contribution in [3.63, 3.8) is 0 Å². The summed E-state index contributed by atoms with van der Waals surface area (Å²) in [5.74, 6) is -0.945. The van der Waals surface area contributed by atoms with Crippen LogP contribution in [0.4, 0.5) is 15.9 Å². The van der Waals surface area contributed by atoms with Crippen LogP contribution >= 0.6 is 11.6 Å². The van der Waals surface area contributed by atoms with Gasteiger partial charge in [-0.15, -0.1) is 0 Å². The molecular formula is C9H8ClFN4O2S. The maximum Gasteiger partial charge on any atom is 0.266 e. The van der Waals surface area contributed by atoms with E-state index in [1.165, 1.54) is 12.3 Å². The Kier molecular flexibility index (Phi) is 3.14. The molecule has 0 atom stereocenters. The van der Waals surface area contributed by atoms with Gasteiger partial charge < -0.3 is 5.73 Å². The van der Waals surface area contributed by atoms with E-state index < -0.39 is 20.7 Å². The third-order valence-corrected chi connectivity index (χ3v) is 3.65. The number of rotatable bonds is 3. The molecule has 0 saturated carbocycles. The number of aromatic amines is 1. The molecule has 0 spiro atoms. The van der Waals surface area contributed by atoms with E-state index in [2.05, 4.69) is 14.9 Å². The number of H-pyrrole nitrogens is 1. The first-order chi connectivity index (χ1) is 8.40. The number of nitrogens with one attached hydrogen (secondary N) is 2. The lowest BCUT2D eigenvalue weighted by atomic mass is 10.3. The minimum absolute atomic E-state index is 0.0267. The third-order valence-electron chi connectivity index (χ3n) is 2.07. The quantitative estimate of drug-likeness (QED) is 0.747. The van der Waals surface area contributed by atoms with Crippen LogP contribution in [-0.4, -0.2) is 18.6 Å². The van der Waals surface area contributed by atoms with Gasteiger partial charge in [0.15, 0.2) is 5.82 Å². The zero-order valence-corrected chi connectivity index (χ0v) is 10.4. The molecule has 1 aromatic carbocycles. The second kappa shape index (κ2) is 4.46. The standard InChI is InChI=1S/C9H8ClFN4O2S/c10-5-3-6(12)9(11)7(4-5)18(16,17)15-8-1-2-13-14-8/h1-4H,12H2,(H2,13,14,15). The zero-order valence-electron chi connectivity index (χ0n) is 8.81. The summed E-state index contributed by atoms with van der Waals surface area (Å²) in [6.07, 6.45) is 1.35. The number of hydrogen-bond acceptors (Lipinski definition) is 4. The predicted octanol–water partition coefficient (Wildman–Crippen LogP) is 1.59. The van der Waals surface area contributed by atoms with Gasteiger partial charge in [0.1, 0.15) is 10.7 Å². The van der Waals surface area contributed by atoms with Crippen molar-refractivity contribution in [3.8, 4) is 0 Å². The number of nitrogen functional groups attached to an aromatic ring is 1. The van der Waals surface area contributed by atoms with Crippen molar-refractivity contribution in [1.29, 1.82) is 0 Å². The number of sulfonamides is 1. The van der Waals surface area contributed by atoms with Gasteiger partial charge in [0.25, 0.3) is 10.0 Å². The van der Waals surface area contributed by atoms with Crippen LogP contribution in [0, 0.1) is 5.82 Å². The van der Waals surface area contributed by atoms with Gasteiger partial charge in [-0.05, 0) is 12.1 Å². The first-order valence-electron chi connectivity index (χ1n) is 4.67. The Morgan fingerprint density at radius 3 is 2.78 bits per heavy atom. The lowest BCUT2D eigenvalue weighted by molar-refractivity contribution is 0.572. The minimum Gasteiger partial charge on any atom is -0.396 e. The van der Waals surface area contributed by atoms with Crippen LogP contribution in [0.5, 0.6) is 0 Å². The highest BCUT2D eigenvalue weighted by atomic mass is 35.5. The van der Waals surface area contributed by atoms with Crippen molar-refractivity contribution in [2.24, 2.45) is 0 Å². The van der Waals surface area contributed by atoms with E-state index in [0.717, 1.165) is 12.1 Å². The Morgan fingerprint density at radius 1 is 1.44 bits per heavy atom. The maximum absolute atomic E-state index is 13.7. The molecule has 2 aromatic rings. The fourth-order valence-electron chi connectivity index (χ4n) is 1.29. The molecule has 96 valence electrons. The Balaban J connectivity index is 2.48. The van der Waals surface area contributed by atoms with Crippen LogP contribution in [0.2, 0.25) is 5.02 Å². The summed E-state index contributed by atoms with van der Waals surface area (Å²) in [4.78, 5) is -0.623. The van der Waals surface area contributed by atoms with Gasteiger partial charge in [0.05, 0.1) is 11.9 Å². The lowest BCUT2D eigenvalue weighted by Gasteiger charge is -2.08. The molecule has 0 saturated heterocycles. The summed E-state index contributed by atoms with van der Waals surface area (Å²) in [7, 11) is -4.12. The Hall–Kier alpha value is -1.80. The first kappa shape index (κ1) is 12.7. The van der Waals surface area contributed by atoms with Crippen LogP contribution in [0.25, 0.3) is 0 Å². The Labute approximate surface area is 107 Å². The van der Waals surface area contributed by atoms with Gasteiger partial charge in [-0.2, -0.15) is 5.10 Å². The number of hydrogen-bond donors (Lipinski definition) is 3. The molecule has 0 amide bonds. The first-order valence-corrected chi connectivity index (χ1v) is 6.53. The fraction of sp³-hybridized carbons (Fsp3) is 0. The molecule has 9 heteroatoms. The molecule has 0 aliphatic rings. The Bertz CT molecular complexity index is 672. The SMILES string of the molecule is Nc1cc(Cl)cc(S(=O)(=O)Nc2ccn[nH]2)c1F. The highest BCUT2D eigenvalue weighted by molar-refractivity contribution is 7.92. The molecular weight excluding hydrogens is 283 g/mol. The van der Waals surface area contributed by atoms with Crippen molar-refractivity contribution in [3.05, 3.63) is 35.2 Å². The molecule has 4 N–H and O–H groups in total. The van der Waals surface area contributed by atoms with Gasteiger partial charge >= 0.3 is 0 Å². The van der Waals surface area contributed by atoms with Crippen LogP contribution in [0.3, 0.4) is 0 Å². The monoisotopic (exact) mass is 290 g/mol. The van der Waals surface area contributed by atoms with Crippen LogP contribution < -0.4 is 10.5 Å². The van der Waals surface area contributed by atoms with Crippen LogP contribution in [0.1, 0.15) is 0 Å². The summed E-state index contributed by atoms with van der Waals surface area (Å²) in [5.41, 5.74) is 4.98. The summed E-state index contributed by atoms with van der Waals surface area (Å²) >= 11 is 5.65. The topological polar surface area (TPSA) is 101 Å². The highest BCUT2D eigenvalue weighted by Gasteiger charge is 2.22. The van der Waals surface area contributed by atoms with Gasteiger partial charge in [-0.25, -0.2) is 12.8 Å². The molecule has 0 radical (unpaired) electrons. The average molecular weight is 291 g/mol. The van der Waals surface area contributed by atoms with Gasteiger partial charge in [0.2, 0.25) is 0 Å². The molecule has 6 nitrogen and oxygen atoms in total. The molecule has 0 aliphatic carbocycles. The van der Waals surface area contributed by atoms with Gasteiger partial charge in [-0.1, -0.05) is 11.6 Å². The van der Waals surface area contributed by atoms with E-state index in [0.29, 0.717) is 0 Å². The average Bonchev–Trinajstić information content (AvgIpc) is 2.75. The maximum atomic E-state index is 13.7. The molecule has 2 rings (SSSR count). The molecule has 0 unspecified atom stereocenters. The largest absolute Gasteiger partial charge is 0.396 e. The number of halogens is 2. The predicted molar refractivity (Wildman–Crippen MR) is 65.2 cm³/mol. The normalized spacial score (nSPS) is 11.4. The molecule has 18 heavy (non-hydrogen) atoms. The van der Waals surface area contributed by atoms with Crippen molar-refractivity contribution in [1.82, 2.24) is 10.2 Å². The van der Waals surface area contributed by atoms with Crippen molar-refractivity contribution in [2.75, 3.05) is 10.5 Å². The molecule has 0 bridgehead atoms. The van der Waals surface area contributed by atoms with E-state index >= 15 is 0 Å². The minimum atomic E-state index is -4.12. The smallest absolute Gasteiger partial charge is 0.266 e. The summed E-state index contributed by atoms with van der Waals surface area (Å²) in [6.45, 7) is 0. The second-order valence-electron chi connectivity index (χ2n) is 3.38. The summed E-state index contributed by atoms with van der Waals surface area (Å²) in [5, 5.41) is 5.97. The third kappa shape index (κ3) is 2.39. The van der Waals surface area contributed by atoms with E-state index in [1.807, 2.05) is 0 Å². The van der Waals surface area contributed by atoms with E-state index in [1.54, 1.807) is 0 Å². The number of nitrogens with two attached hydrogens (primary N) is 1. The van der Waals surface area contributed by atoms with Crippen molar-refractivity contribution < 1.29 is 12.8 Å². The fourth-order valence-corrected chi connectivity index (χ4v) is 2.73. The number of nitrogens with zero attached hydrogens (tertiary/aromatic N) is 1. The van der Waals surface area contributed by atoms with E-state index in [-0.39, 0.29) is 16.5 Å². The van der Waals surface area contributed by atoms with E-state index in [9.17, 15) is 12.8 Å². The van der Waals surface area contributed by atoms with Crippen molar-refractivity contribution in [2.45, 2.75) is 4.90 Å². The van der Waals surface area contributed by atoms with E-state index in [4.69, 9.17) is 17.3 Å². The van der Waals surface area contributed by atoms with Gasteiger partial charge in [-0.3, -0.25) is 9.82 Å². The second-order valence-corrected chi connectivity index (χ2v) is 5.47. The number of anilines is 2. The lowest BCUT2D eigenvalue weighted by Crippen LogP contribution is -2.15. The highest BCUT2D eigenvalue weighted by Crippen LogP contribution is 2.26. The molecule has 0 fully saturated rings. The van der Waals surface area contributed by atoms with Crippen LogP contribution in [-0.2, 0) is 10.0 Å². The molecule has 1 aromatic heterocycles. The molecule has 1 heterocycles. The number of benzene rings is 1. The summed E-state index contributed by atoms with van der Waals surface area (Å²) < 4.78 is 39.6. The number of aromatic nitrogens is 2. The van der Waals surface area contributed by atoms with Gasteiger partial charge in [0, 0.05) is 11.1 Å². The molecule has 0 aliphatic heterocycles.